The Hall–Kier alpha value is -0.910. The van der Waals surface area contributed by atoms with Crippen molar-refractivity contribution in [2.45, 2.75) is 95.9 Å². The lowest BCUT2D eigenvalue weighted by Gasteiger charge is -2.21. The molecule has 0 amide bonds. The van der Waals surface area contributed by atoms with Gasteiger partial charge in [0.05, 0.1) is 18.3 Å². The molecule has 0 heterocycles. The van der Waals surface area contributed by atoms with Crippen LogP contribution in [-0.4, -0.2) is 44.7 Å². The minimum atomic E-state index is -0.753. The van der Waals surface area contributed by atoms with E-state index in [1.165, 1.54) is 0 Å². The van der Waals surface area contributed by atoms with Crippen molar-refractivity contribution in [3.05, 3.63) is 12.2 Å². The van der Waals surface area contributed by atoms with Crippen LogP contribution in [0, 0.1) is 11.8 Å². The number of unbranched alkanes of at least 4 members (excludes halogenated alkanes) is 5. The van der Waals surface area contributed by atoms with Crippen molar-refractivity contribution >= 4 is 5.97 Å². The molecule has 0 spiro atoms. The topological polar surface area (TPSA) is 98.0 Å². The average molecular weight is 357 g/mol. The Morgan fingerprint density at radius 2 is 1.80 bits per heavy atom. The van der Waals surface area contributed by atoms with Crippen LogP contribution in [0.5, 0.6) is 0 Å². The van der Waals surface area contributed by atoms with Crippen LogP contribution >= 0.6 is 0 Å². The van der Waals surface area contributed by atoms with Gasteiger partial charge in [-0.1, -0.05) is 57.6 Å². The molecule has 1 aliphatic rings. The number of carbonyl (C=O) groups is 1. The number of hydrogen-bond donors (Lipinski definition) is 4. The van der Waals surface area contributed by atoms with Crippen LogP contribution in [0.25, 0.3) is 0 Å². The average Bonchev–Trinajstić information content (AvgIpc) is 2.82. The SMILES string of the molecule is CCCCC[C@H](O)/C=C/[C@@H]1[C@H](CCCCCCC(=O)O)[C@@H](O)C[C@H]1O. The van der Waals surface area contributed by atoms with E-state index >= 15 is 0 Å². The molecule has 5 atom stereocenters. The van der Waals surface area contributed by atoms with Crippen LogP contribution < -0.4 is 0 Å². The molecule has 1 saturated carbocycles. The molecule has 0 aromatic heterocycles. The lowest BCUT2D eigenvalue weighted by Crippen LogP contribution is -2.21. The molecular formula is C20H36O5. The first-order chi connectivity index (χ1) is 12.0. The van der Waals surface area contributed by atoms with E-state index in [9.17, 15) is 20.1 Å². The summed E-state index contributed by atoms with van der Waals surface area (Å²) in [7, 11) is 0. The fourth-order valence-electron chi connectivity index (χ4n) is 3.74. The summed E-state index contributed by atoms with van der Waals surface area (Å²) < 4.78 is 0. The summed E-state index contributed by atoms with van der Waals surface area (Å²) in [5, 5.41) is 39.0. The van der Waals surface area contributed by atoms with E-state index in [1.54, 1.807) is 6.08 Å². The maximum absolute atomic E-state index is 10.5. The standard InChI is InChI=1S/C20H36O5/c1-2-3-6-9-15(21)12-13-17-16(18(22)14-19(17)23)10-7-4-5-8-11-20(24)25/h12-13,15-19,21-23H,2-11,14H2,1H3,(H,24,25)/b13-12+/t15-,16-,17+,18-,19+/m0/s1. The van der Waals surface area contributed by atoms with E-state index in [0.717, 1.165) is 51.4 Å². The molecule has 146 valence electrons. The molecule has 0 aliphatic heterocycles. The number of aliphatic hydroxyl groups excluding tert-OH is 3. The molecule has 1 aliphatic carbocycles. The molecule has 0 unspecified atom stereocenters. The van der Waals surface area contributed by atoms with Crippen LogP contribution in [0.15, 0.2) is 12.2 Å². The molecule has 5 heteroatoms. The first-order valence-electron chi connectivity index (χ1n) is 9.90. The number of rotatable bonds is 13. The summed E-state index contributed by atoms with van der Waals surface area (Å²) in [4.78, 5) is 10.5. The highest BCUT2D eigenvalue weighted by molar-refractivity contribution is 5.66. The Labute approximate surface area is 151 Å². The van der Waals surface area contributed by atoms with Crippen LogP contribution in [0.3, 0.4) is 0 Å². The molecule has 0 saturated heterocycles. The largest absolute Gasteiger partial charge is 0.481 e. The van der Waals surface area contributed by atoms with E-state index in [-0.39, 0.29) is 18.3 Å². The van der Waals surface area contributed by atoms with E-state index in [0.29, 0.717) is 12.8 Å². The van der Waals surface area contributed by atoms with Crippen LogP contribution in [0.4, 0.5) is 0 Å². The molecule has 0 bridgehead atoms. The Kier molecular flexibility index (Phi) is 11.0. The summed E-state index contributed by atoms with van der Waals surface area (Å²) in [5.74, 6) is -0.833. The van der Waals surface area contributed by atoms with Gasteiger partial charge in [0.25, 0.3) is 0 Å². The van der Waals surface area contributed by atoms with Gasteiger partial charge in [0, 0.05) is 18.8 Å². The van der Waals surface area contributed by atoms with Crippen molar-refractivity contribution in [1.29, 1.82) is 0 Å². The molecular weight excluding hydrogens is 320 g/mol. The van der Waals surface area contributed by atoms with Crippen LogP contribution in [0.1, 0.15) is 77.6 Å². The van der Waals surface area contributed by atoms with E-state index in [4.69, 9.17) is 5.11 Å². The number of hydrogen-bond acceptors (Lipinski definition) is 4. The smallest absolute Gasteiger partial charge is 0.303 e. The van der Waals surface area contributed by atoms with Gasteiger partial charge in [-0.2, -0.15) is 0 Å². The van der Waals surface area contributed by atoms with Crippen LogP contribution in [-0.2, 0) is 4.79 Å². The second-order valence-electron chi connectivity index (χ2n) is 7.41. The number of carboxylic acids is 1. The van der Waals surface area contributed by atoms with E-state index in [2.05, 4.69) is 6.92 Å². The lowest BCUT2D eigenvalue weighted by atomic mass is 9.88. The first kappa shape index (κ1) is 22.1. The highest BCUT2D eigenvalue weighted by Crippen LogP contribution is 2.37. The molecule has 0 radical (unpaired) electrons. The third kappa shape index (κ3) is 8.84. The molecule has 0 aromatic carbocycles. The van der Waals surface area contributed by atoms with Crippen LogP contribution in [0.2, 0.25) is 0 Å². The van der Waals surface area contributed by atoms with Gasteiger partial charge in [-0.05, 0) is 25.2 Å². The predicted octanol–water partition coefficient (Wildman–Crippen LogP) is 3.27. The zero-order valence-corrected chi connectivity index (χ0v) is 15.5. The molecule has 25 heavy (non-hydrogen) atoms. The van der Waals surface area contributed by atoms with Gasteiger partial charge in [0.2, 0.25) is 0 Å². The summed E-state index contributed by atoms with van der Waals surface area (Å²) in [6.45, 7) is 2.13. The third-order valence-electron chi connectivity index (χ3n) is 5.25. The Balaban J connectivity index is 2.38. The maximum Gasteiger partial charge on any atom is 0.303 e. The molecule has 1 fully saturated rings. The Morgan fingerprint density at radius 1 is 1.08 bits per heavy atom. The lowest BCUT2D eigenvalue weighted by molar-refractivity contribution is -0.137. The van der Waals surface area contributed by atoms with Crippen molar-refractivity contribution in [2.75, 3.05) is 0 Å². The Morgan fingerprint density at radius 3 is 2.48 bits per heavy atom. The summed E-state index contributed by atoms with van der Waals surface area (Å²) in [6, 6.07) is 0. The zero-order chi connectivity index (χ0) is 18.7. The number of aliphatic hydroxyl groups is 3. The van der Waals surface area contributed by atoms with Gasteiger partial charge in [0.1, 0.15) is 0 Å². The highest BCUT2D eigenvalue weighted by Gasteiger charge is 2.39. The van der Waals surface area contributed by atoms with Crippen molar-refractivity contribution in [1.82, 2.24) is 0 Å². The second kappa shape index (κ2) is 12.4. The van der Waals surface area contributed by atoms with Gasteiger partial charge in [0.15, 0.2) is 0 Å². The summed E-state index contributed by atoms with van der Waals surface area (Å²) in [6.07, 6.45) is 11.0. The fraction of sp³-hybridized carbons (Fsp3) is 0.850. The van der Waals surface area contributed by atoms with Gasteiger partial charge in [-0.3, -0.25) is 4.79 Å². The maximum atomic E-state index is 10.5. The molecule has 4 N–H and O–H groups in total. The minimum Gasteiger partial charge on any atom is -0.481 e. The normalized spacial score (nSPS) is 27.8. The van der Waals surface area contributed by atoms with Crippen molar-refractivity contribution in [3.63, 3.8) is 0 Å². The Bertz CT molecular complexity index is 396. The van der Waals surface area contributed by atoms with Crippen molar-refractivity contribution in [3.8, 4) is 0 Å². The molecule has 1 rings (SSSR count). The van der Waals surface area contributed by atoms with Gasteiger partial charge in [-0.25, -0.2) is 0 Å². The highest BCUT2D eigenvalue weighted by atomic mass is 16.4. The predicted molar refractivity (Wildman–Crippen MR) is 98.2 cm³/mol. The minimum absolute atomic E-state index is 0.0218. The van der Waals surface area contributed by atoms with Crippen molar-refractivity contribution in [2.24, 2.45) is 11.8 Å². The van der Waals surface area contributed by atoms with E-state index < -0.39 is 24.3 Å². The second-order valence-corrected chi connectivity index (χ2v) is 7.41. The number of carboxylic acid groups (broad SMARTS) is 1. The fourth-order valence-corrected chi connectivity index (χ4v) is 3.74. The van der Waals surface area contributed by atoms with Gasteiger partial charge in [-0.15, -0.1) is 0 Å². The number of aliphatic carboxylic acids is 1. The van der Waals surface area contributed by atoms with E-state index in [1.807, 2.05) is 6.08 Å². The quantitative estimate of drug-likeness (QED) is 0.300. The van der Waals surface area contributed by atoms with Gasteiger partial charge >= 0.3 is 5.97 Å². The summed E-state index contributed by atoms with van der Waals surface area (Å²) in [5.41, 5.74) is 0. The zero-order valence-electron chi connectivity index (χ0n) is 15.5. The first-order valence-corrected chi connectivity index (χ1v) is 9.90. The molecule has 5 nitrogen and oxygen atoms in total. The summed E-state index contributed by atoms with van der Waals surface area (Å²) >= 11 is 0. The third-order valence-corrected chi connectivity index (χ3v) is 5.25. The van der Waals surface area contributed by atoms with Crippen molar-refractivity contribution < 1.29 is 25.2 Å². The monoisotopic (exact) mass is 356 g/mol. The molecule has 0 aromatic rings. The van der Waals surface area contributed by atoms with Gasteiger partial charge < -0.3 is 20.4 Å².